The lowest BCUT2D eigenvalue weighted by Crippen LogP contribution is -2.33. The third-order valence-electron chi connectivity index (χ3n) is 1.74. The maximum atomic E-state index is 11.0. The summed E-state index contributed by atoms with van der Waals surface area (Å²) in [6, 6.07) is -0.276. The third-order valence-corrected chi connectivity index (χ3v) is 1.74. The van der Waals surface area contributed by atoms with Gasteiger partial charge in [0.15, 0.2) is 0 Å². The van der Waals surface area contributed by atoms with Crippen LogP contribution < -0.4 is 5.32 Å². The third kappa shape index (κ3) is 6.54. The number of nitrogens with one attached hydrogen (secondary N) is 1. The van der Waals surface area contributed by atoms with Crippen LogP contribution in [0.25, 0.3) is 0 Å². The molecule has 0 aliphatic carbocycles. The molecular weight excluding hydrogens is 198 g/mol. The summed E-state index contributed by atoms with van der Waals surface area (Å²) in [5.74, 6) is -0.281. The minimum absolute atomic E-state index is 0.245. The number of carbonyl (C=O) groups excluding carboxylic acids is 2. The lowest BCUT2D eigenvalue weighted by atomic mass is 10.1. The SMILES string of the molecule is C=C[C@H](CCC(=O)OCC)NC(=O)OC. The predicted molar refractivity (Wildman–Crippen MR) is 55.4 cm³/mol. The number of amides is 1. The van der Waals surface area contributed by atoms with Gasteiger partial charge < -0.3 is 14.8 Å². The quantitative estimate of drug-likeness (QED) is 0.535. The fourth-order valence-corrected chi connectivity index (χ4v) is 0.966. The van der Waals surface area contributed by atoms with Gasteiger partial charge in [0.2, 0.25) is 0 Å². The van der Waals surface area contributed by atoms with E-state index in [1.54, 1.807) is 13.0 Å². The minimum atomic E-state index is -0.538. The van der Waals surface area contributed by atoms with Gasteiger partial charge in [-0.1, -0.05) is 6.08 Å². The maximum absolute atomic E-state index is 11.0. The second kappa shape index (κ2) is 7.84. The number of hydrogen-bond acceptors (Lipinski definition) is 4. The molecule has 0 bridgehead atoms. The van der Waals surface area contributed by atoms with Crippen LogP contribution in [-0.4, -0.2) is 31.8 Å². The second-order valence-electron chi connectivity index (χ2n) is 2.82. The first-order valence-corrected chi connectivity index (χ1v) is 4.76. The molecule has 0 fully saturated rings. The predicted octanol–water partition coefficient (Wildman–Crippen LogP) is 1.24. The Bertz CT molecular complexity index is 227. The highest BCUT2D eigenvalue weighted by molar-refractivity contribution is 5.70. The molecule has 0 rings (SSSR count). The smallest absolute Gasteiger partial charge is 0.407 e. The molecule has 1 atom stereocenters. The molecule has 15 heavy (non-hydrogen) atoms. The summed E-state index contributed by atoms with van der Waals surface area (Å²) in [7, 11) is 1.28. The summed E-state index contributed by atoms with van der Waals surface area (Å²) >= 11 is 0. The van der Waals surface area contributed by atoms with Gasteiger partial charge in [-0.2, -0.15) is 0 Å². The molecule has 0 saturated carbocycles. The van der Waals surface area contributed by atoms with Crippen LogP contribution in [0.4, 0.5) is 4.79 Å². The average molecular weight is 215 g/mol. The molecule has 0 aliphatic heterocycles. The van der Waals surface area contributed by atoms with Crippen LogP contribution in [0.3, 0.4) is 0 Å². The van der Waals surface area contributed by atoms with Crippen LogP contribution in [0.2, 0.25) is 0 Å². The molecule has 0 aromatic rings. The van der Waals surface area contributed by atoms with E-state index in [-0.39, 0.29) is 18.4 Å². The van der Waals surface area contributed by atoms with E-state index in [2.05, 4.69) is 16.6 Å². The number of rotatable bonds is 6. The van der Waals surface area contributed by atoms with Crippen LogP contribution in [0.5, 0.6) is 0 Å². The Kier molecular flexibility index (Phi) is 7.05. The molecule has 0 heterocycles. The topological polar surface area (TPSA) is 64.6 Å². The van der Waals surface area contributed by atoms with E-state index in [0.29, 0.717) is 13.0 Å². The van der Waals surface area contributed by atoms with Gasteiger partial charge in [0, 0.05) is 6.42 Å². The fraction of sp³-hybridized carbons (Fsp3) is 0.600. The average Bonchev–Trinajstić information content (AvgIpc) is 2.24. The van der Waals surface area contributed by atoms with Crippen molar-refractivity contribution < 1.29 is 19.1 Å². The van der Waals surface area contributed by atoms with Crippen LogP contribution in [0, 0.1) is 0 Å². The zero-order valence-electron chi connectivity index (χ0n) is 9.12. The summed E-state index contributed by atoms with van der Waals surface area (Å²) in [5.41, 5.74) is 0. The van der Waals surface area contributed by atoms with Crippen LogP contribution in [0.1, 0.15) is 19.8 Å². The van der Waals surface area contributed by atoms with Crippen molar-refractivity contribution in [3.63, 3.8) is 0 Å². The fourth-order valence-electron chi connectivity index (χ4n) is 0.966. The van der Waals surface area contributed by atoms with Crippen molar-refractivity contribution in [3.8, 4) is 0 Å². The molecule has 1 amide bonds. The highest BCUT2D eigenvalue weighted by Gasteiger charge is 2.11. The Hall–Kier alpha value is -1.52. The lowest BCUT2D eigenvalue weighted by Gasteiger charge is -2.12. The summed E-state index contributed by atoms with van der Waals surface area (Å²) in [5, 5.41) is 2.53. The summed E-state index contributed by atoms with van der Waals surface area (Å²) in [6.45, 7) is 5.66. The molecule has 1 N–H and O–H groups in total. The van der Waals surface area contributed by atoms with E-state index in [1.165, 1.54) is 7.11 Å². The van der Waals surface area contributed by atoms with Gasteiger partial charge in [0.05, 0.1) is 19.8 Å². The molecular formula is C10H17NO4. The van der Waals surface area contributed by atoms with E-state index in [4.69, 9.17) is 4.74 Å². The minimum Gasteiger partial charge on any atom is -0.466 e. The van der Waals surface area contributed by atoms with Crippen LogP contribution >= 0.6 is 0 Å². The lowest BCUT2D eigenvalue weighted by molar-refractivity contribution is -0.143. The largest absolute Gasteiger partial charge is 0.466 e. The number of carbonyl (C=O) groups is 2. The zero-order chi connectivity index (χ0) is 11.7. The van der Waals surface area contributed by atoms with Crippen molar-refractivity contribution in [1.29, 1.82) is 0 Å². The highest BCUT2D eigenvalue weighted by Crippen LogP contribution is 2.00. The first kappa shape index (κ1) is 13.5. The maximum Gasteiger partial charge on any atom is 0.407 e. The summed E-state index contributed by atoms with van der Waals surface area (Å²) in [6.07, 6.45) is 1.71. The Morgan fingerprint density at radius 2 is 2.20 bits per heavy atom. The molecule has 0 saturated heterocycles. The standard InChI is InChI=1S/C10H17NO4/c1-4-8(11-10(13)14-3)6-7-9(12)15-5-2/h4,8H,1,5-7H2,2-3H3,(H,11,13)/t8-/m1/s1. The van der Waals surface area contributed by atoms with Crippen molar-refractivity contribution in [2.75, 3.05) is 13.7 Å². The van der Waals surface area contributed by atoms with E-state index in [9.17, 15) is 9.59 Å². The van der Waals surface area contributed by atoms with Gasteiger partial charge in [-0.15, -0.1) is 6.58 Å². The summed E-state index contributed by atoms with van der Waals surface area (Å²) in [4.78, 5) is 21.9. The van der Waals surface area contributed by atoms with Crippen molar-refractivity contribution in [3.05, 3.63) is 12.7 Å². The molecule has 5 heteroatoms. The Labute approximate surface area is 89.4 Å². The molecule has 86 valence electrons. The normalized spacial score (nSPS) is 11.3. The molecule has 0 aromatic heterocycles. The van der Waals surface area contributed by atoms with Gasteiger partial charge in [0.1, 0.15) is 0 Å². The Morgan fingerprint density at radius 3 is 2.67 bits per heavy atom. The molecule has 0 aliphatic rings. The first-order chi connectivity index (χ1) is 7.13. The van der Waals surface area contributed by atoms with Crippen molar-refractivity contribution >= 4 is 12.1 Å². The van der Waals surface area contributed by atoms with Gasteiger partial charge in [-0.25, -0.2) is 4.79 Å². The monoisotopic (exact) mass is 215 g/mol. The van der Waals surface area contributed by atoms with E-state index in [1.807, 2.05) is 0 Å². The van der Waals surface area contributed by atoms with Gasteiger partial charge in [0.25, 0.3) is 0 Å². The number of ether oxygens (including phenoxy) is 2. The first-order valence-electron chi connectivity index (χ1n) is 4.76. The second-order valence-corrected chi connectivity index (χ2v) is 2.82. The van der Waals surface area contributed by atoms with E-state index in [0.717, 1.165) is 0 Å². The Morgan fingerprint density at radius 1 is 1.53 bits per heavy atom. The number of alkyl carbamates (subject to hydrolysis) is 1. The number of esters is 1. The van der Waals surface area contributed by atoms with Gasteiger partial charge >= 0.3 is 12.1 Å². The number of methoxy groups -OCH3 is 1. The highest BCUT2D eigenvalue weighted by atomic mass is 16.5. The zero-order valence-corrected chi connectivity index (χ0v) is 9.12. The van der Waals surface area contributed by atoms with E-state index >= 15 is 0 Å². The van der Waals surface area contributed by atoms with Crippen molar-refractivity contribution in [2.24, 2.45) is 0 Å². The van der Waals surface area contributed by atoms with Crippen molar-refractivity contribution in [1.82, 2.24) is 5.32 Å². The molecule has 0 radical (unpaired) electrons. The number of hydrogen-bond donors (Lipinski definition) is 1. The molecule has 5 nitrogen and oxygen atoms in total. The molecule has 0 unspecified atom stereocenters. The van der Waals surface area contributed by atoms with Crippen LogP contribution in [0.15, 0.2) is 12.7 Å². The molecule has 0 spiro atoms. The molecule has 0 aromatic carbocycles. The van der Waals surface area contributed by atoms with Gasteiger partial charge in [-0.05, 0) is 13.3 Å². The summed E-state index contributed by atoms with van der Waals surface area (Å²) < 4.78 is 9.17. The van der Waals surface area contributed by atoms with Crippen LogP contribution in [-0.2, 0) is 14.3 Å². The Balaban J connectivity index is 3.84. The van der Waals surface area contributed by atoms with Gasteiger partial charge in [-0.3, -0.25) is 4.79 Å². The van der Waals surface area contributed by atoms with E-state index < -0.39 is 6.09 Å². The van der Waals surface area contributed by atoms with Crippen molar-refractivity contribution in [2.45, 2.75) is 25.8 Å².